The number of halogens is 3. The third-order valence-corrected chi connectivity index (χ3v) is 4.75. The number of ether oxygens (including phenoxy) is 1. The van der Waals surface area contributed by atoms with E-state index >= 15 is 0 Å². The number of nitrogens with zero attached hydrogens (tertiary/aromatic N) is 5. The quantitative estimate of drug-likeness (QED) is 0.445. The minimum Gasteiger partial charge on any atom is -0.471 e. The van der Waals surface area contributed by atoms with Gasteiger partial charge in [0.25, 0.3) is 5.91 Å². The lowest BCUT2D eigenvalue weighted by molar-refractivity contribution is 0.101. The van der Waals surface area contributed by atoms with E-state index in [2.05, 4.69) is 20.5 Å². The molecule has 4 aromatic rings. The van der Waals surface area contributed by atoms with E-state index < -0.39 is 5.91 Å². The van der Waals surface area contributed by atoms with Crippen LogP contribution in [0.4, 0.5) is 10.3 Å². The molecule has 1 amide bonds. The molecule has 158 valence electrons. The van der Waals surface area contributed by atoms with Crippen LogP contribution in [0.5, 0.6) is 5.75 Å². The van der Waals surface area contributed by atoms with Gasteiger partial charge >= 0.3 is 0 Å². The lowest BCUT2D eigenvalue weighted by Crippen LogP contribution is -2.15. The summed E-state index contributed by atoms with van der Waals surface area (Å²) < 4.78 is 21.4. The molecule has 31 heavy (non-hydrogen) atoms. The van der Waals surface area contributed by atoms with Gasteiger partial charge in [-0.05, 0) is 48.0 Å². The molecule has 4 rings (SSSR count). The molecule has 1 N–H and O–H groups in total. The highest BCUT2D eigenvalue weighted by molar-refractivity contribution is 6.35. The molecule has 0 fully saturated rings. The smallest absolute Gasteiger partial charge is 0.278 e. The number of benzene rings is 2. The third-order valence-electron chi connectivity index (χ3n) is 4.16. The number of anilines is 1. The average molecular weight is 461 g/mol. The molecule has 0 unspecified atom stereocenters. The van der Waals surface area contributed by atoms with Gasteiger partial charge in [0.05, 0.1) is 6.54 Å². The number of carbonyl (C=O) groups is 1. The van der Waals surface area contributed by atoms with Crippen LogP contribution in [0, 0.1) is 5.82 Å². The fraction of sp³-hybridized carbons (Fsp3) is 0.100. The van der Waals surface area contributed by atoms with Gasteiger partial charge in [0.2, 0.25) is 5.95 Å². The van der Waals surface area contributed by atoms with Gasteiger partial charge in [-0.1, -0.05) is 29.3 Å². The Kier molecular flexibility index (Phi) is 6.15. The second-order valence-electron chi connectivity index (χ2n) is 6.42. The minimum absolute atomic E-state index is 0.0631. The molecule has 0 radical (unpaired) electrons. The molecular formula is C20H15Cl2FN6O2. The monoisotopic (exact) mass is 460 g/mol. The van der Waals surface area contributed by atoms with Gasteiger partial charge < -0.3 is 4.74 Å². The van der Waals surface area contributed by atoms with E-state index in [4.69, 9.17) is 27.9 Å². The van der Waals surface area contributed by atoms with Crippen molar-refractivity contribution in [1.82, 2.24) is 24.5 Å². The Morgan fingerprint density at radius 3 is 2.65 bits per heavy atom. The number of carbonyl (C=O) groups excluding carboxylic acids is 1. The second-order valence-corrected chi connectivity index (χ2v) is 7.27. The molecule has 0 saturated heterocycles. The first-order valence-electron chi connectivity index (χ1n) is 9.03. The second kappa shape index (κ2) is 9.15. The first-order valence-corrected chi connectivity index (χ1v) is 9.78. The fourth-order valence-corrected chi connectivity index (χ4v) is 3.11. The predicted molar refractivity (Wildman–Crippen MR) is 113 cm³/mol. The summed E-state index contributed by atoms with van der Waals surface area (Å²) in [7, 11) is 0. The van der Waals surface area contributed by atoms with Gasteiger partial charge in [-0.25, -0.2) is 18.7 Å². The number of hydrogen-bond acceptors (Lipinski definition) is 5. The maximum Gasteiger partial charge on any atom is 0.278 e. The summed E-state index contributed by atoms with van der Waals surface area (Å²) in [5.74, 6) is -0.203. The van der Waals surface area contributed by atoms with Crippen LogP contribution in [0.25, 0.3) is 0 Å². The zero-order chi connectivity index (χ0) is 21.8. The Hall–Kier alpha value is -3.43. The van der Waals surface area contributed by atoms with Crippen molar-refractivity contribution < 1.29 is 13.9 Å². The summed E-state index contributed by atoms with van der Waals surface area (Å²) in [6.07, 6.45) is 3.07. The molecule has 0 atom stereocenters. The Labute approximate surface area is 186 Å². The number of aromatic nitrogens is 5. The standard InChI is InChI=1S/C20H15Cl2FN6O2/c21-14-2-1-13(17(22)9-14)10-29-11-24-20(27-29)25-19(30)18-7-8-28(26-18)12-31-16-5-3-15(23)4-6-16/h1-9,11H,10,12H2,(H,25,27,30). The van der Waals surface area contributed by atoms with Gasteiger partial charge in [0, 0.05) is 16.2 Å². The van der Waals surface area contributed by atoms with E-state index in [1.165, 1.54) is 41.3 Å². The number of hydrogen-bond donors (Lipinski definition) is 1. The van der Waals surface area contributed by atoms with Crippen molar-refractivity contribution in [3.63, 3.8) is 0 Å². The highest BCUT2D eigenvalue weighted by atomic mass is 35.5. The van der Waals surface area contributed by atoms with E-state index in [0.717, 1.165) is 5.56 Å². The molecule has 8 nitrogen and oxygen atoms in total. The maximum atomic E-state index is 12.9. The zero-order valence-electron chi connectivity index (χ0n) is 15.9. The highest BCUT2D eigenvalue weighted by Crippen LogP contribution is 2.21. The molecule has 0 aliphatic carbocycles. The Morgan fingerprint density at radius 2 is 1.87 bits per heavy atom. The lowest BCUT2D eigenvalue weighted by Gasteiger charge is -2.05. The minimum atomic E-state index is -0.470. The molecule has 2 heterocycles. The first kappa shape index (κ1) is 20.8. The van der Waals surface area contributed by atoms with Crippen molar-refractivity contribution in [3.8, 4) is 5.75 Å². The van der Waals surface area contributed by atoms with Gasteiger partial charge in [0.1, 0.15) is 17.9 Å². The van der Waals surface area contributed by atoms with Gasteiger partial charge in [-0.2, -0.15) is 5.10 Å². The summed E-state index contributed by atoms with van der Waals surface area (Å²) in [6, 6.07) is 12.3. The number of nitrogens with one attached hydrogen (secondary N) is 1. The Morgan fingerprint density at radius 1 is 1.06 bits per heavy atom. The molecule has 0 aliphatic heterocycles. The van der Waals surface area contributed by atoms with Crippen LogP contribution < -0.4 is 10.1 Å². The van der Waals surface area contributed by atoms with Crippen molar-refractivity contribution in [3.05, 3.63) is 88.2 Å². The largest absolute Gasteiger partial charge is 0.471 e. The van der Waals surface area contributed by atoms with E-state index in [-0.39, 0.29) is 24.2 Å². The van der Waals surface area contributed by atoms with Crippen LogP contribution in [-0.2, 0) is 13.3 Å². The average Bonchev–Trinajstić information content (AvgIpc) is 3.39. The lowest BCUT2D eigenvalue weighted by atomic mass is 10.2. The summed E-state index contributed by atoms with van der Waals surface area (Å²) in [6.45, 7) is 0.432. The van der Waals surface area contributed by atoms with Crippen molar-refractivity contribution in [2.24, 2.45) is 0 Å². The van der Waals surface area contributed by atoms with E-state index in [1.54, 1.807) is 29.1 Å². The molecular weight excluding hydrogens is 446 g/mol. The summed E-state index contributed by atoms with van der Waals surface area (Å²) in [5, 5.41) is 12.0. The highest BCUT2D eigenvalue weighted by Gasteiger charge is 2.13. The maximum absolute atomic E-state index is 12.9. The molecule has 0 spiro atoms. The van der Waals surface area contributed by atoms with Crippen LogP contribution in [0.1, 0.15) is 16.1 Å². The van der Waals surface area contributed by atoms with Crippen LogP contribution >= 0.6 is 23.2 Å². The van der Waals surface area contributed by atoms with E-state index in [9.17, 15) is 9.18 Å². The molecule has 0 saturated carbocycles. The van der Waals surface area contributed by atoms with Crippen molar-refractivity contribution >= 4 is 35.1 Å². The van der Waals surface area contributed by atoms with Crippen molar-refractivity contribution in [1.29, 1.82) is 0 Å². The van der Waals surface area contributed by atoms with Crippen LogP contribution in [-0.4, -0.2) is 30.5 Å². The zero-order valence-corrected chi connectivity index (χ0v) is 17.4. The molecule has 2 aromatic heterocycles. The van der Waals surface area contributed by atoms with Crippen LogP contribution in [0.2, 0.25) is 10.0 Å². The molecule has 0 aliphatic rings. The Bertz CT molecular complexity index is 1210. The Balaban J connectivity index is 1.34. The predicted octanol–water partition coefficient (Wildman–Crippen LogP) is 4.26. The molecule has 11 heteroatoms. The van der Waals surface area contributed by atoms with Gasteiger partial charge in [-0.3, -0.25) is 10.1 Å². The molecule has 0 bridgehead atoms. The molecule has 2 aromatic carbocycles. The summed E-state index contributed by atoms with van der Waals surface area (Å²) >= 11 is 12.1. The SMILES string of the molecule is O=C(Nc1ncn(Cc2ccc(Cl)cc2Cl)n1)c1ccn(COc2ccc(F)cc2)n1. The number of amides is 1. The first-order chi connectivity index (χ1) is 15.0. The normalized spacial score (nSPS) is 10.8. The van der Waals surface area contributed by atoms with Crippen molar-refractivity contribution in [2.75, 3.05) is 5.32 Å². The fourth-order valence-electron chi connectivity index (χ4n) is 2.64. The van der Waals surface area contributed by atoms with Gasteiger partial charge in [0.15, 0.2) is 12.4 Å². The number of rotatable bonds is 7. The summed E-state index contributed by atoms with van der Waals surface area (Å²) in [5.41, 5.74) is 0.980. The third kappa shape index (κ3) is 5.39. The summed E-state index contributed by atoms with van der Waals surface area (Å²) in [4.78, 5) is 16.5. The topological polar surface area (TPSA) is 86.9 Å². The van der Waals surface area contributed by atoms with Gasteiger partial charge in [-0.15, -0.1) is 5.10 Å². The van der Waals surface area contributed by atoms with E-state index in [0.29, 0.717) is 22.3 Å². The van der Waals surface area contributed by atoms with E-state index in [1.807, 2.05) is 0 Å². The van der Waals surface area contributed by atoms with Crippen LogP contribution in [0.3, 0.4) is 0 Å². The van der Waals surface area contributed by atoms with Crippen molar-refractivity contribution in [2.45, 2.75) is 13.3 Å². The van der Waals surface area contributed by atoms with Crippen LogP contribution in [0.15, 0.2) is 61.1 Å².